The minimum atomic E-state index is -0.160. The number of hydrazine groups is 1. The van der Waals surface area contributed by atoms with Crippen LogP contribution in [0.1, 0.15) is 32.6 Å². The fourth-order valence-corrected chi connectivity index (χ4v) is 2.34. The highest BCUT2D eigenvalue weighted by Crippen LogP contribution is 2.22. The largest absolute Gasteiger partial charge is 0.358 e. The van der Waals surface area contributed by atoms with E-state index in [1.54, 1.807) is 7.05 Å². The Bertz CT molecular complexity index is 283. The maximum atomic E-state index is 11.7. The van der Waals surface area contributed by atoms with E-state index in [0.29, 0.717) is 6.42 Å². The molecule has 1 aliphatic heterocycles. The monoisotopic (exact) mass is 242 g/mol. The van der Waals surface area contributed by atoms with Crippen molar-refractivity contribution < 1.29 is 9.59 Å². The van der Waals surface area contributed by atoms with Crippen LogP contribution in [0.3, 0.4) is 0 Å². The lowest BCUT2D eigenvalue weighted by molar-refractivity contribution is -0.125. The fourth-order valence-electron chi connectivity index (χ4n) is 2.34. The molecule has 0 spiro atoms. The van der Waals surface area contributed by atoms with Gasteiger partial charge in [-0.2, -0.15) is 0 Å². The zero-order chi connectivity index (χ0) is 12.8. The van der Waals surface area contributed by atoms with Crippen LogP contribution in [0, 0.1) is 0 Å². The maximum Gasteiger partial charge on any atom is 0.237 e. The van der Waals surface area contributed by atoms with Crippen LogP contribution in [0.15, 0.2) is 0 Å². The van der Waals surface area contributed by atoms with E-state index in [4.69, 9.17) is 5.84 Å². The number of hydrogen-bond acceptors (Lipinski definition) is 4. The summed E-state index contributed by atoms with van der Waals surface area (Å²) in [5, 5.41) is 2.69. The lowest BCUT2D eigenvalue weighted by Gasteiger charge is -2.29. The third kappa shape index (κ3) is 3.67. The van der Waals surface area contributed by atoms with Gasteiger partial charge in [-0.1, -0.05) is 0 Å². The number of carbonyl (C=O) groups excluding carboxylic acids is 2. The molecule has 0 bridgehead atoms. The van der Waals surface area contributed by atoms with Gasteiger partial charge in [-0.05, 0) is 32.7 Å². The number of nitrogens with two attached hydrogens (primary N) is 1. The highest BCUT2D eigenvalue weighted by atomic mass is 16.2. The van der Waals surface area contributed by atoms with E-state index in [1.165, 1.54) is 0 Å². The Morgan fingerprint density at radius 3 is 2.82 bits per heavy atom. The lowest BCUT2D eigenvalue weighted by atomic mass is 10.1. The molecule has 6 heteroatoms. The Hall–Kier alpha value is -1.14. The van der Waals surface area contributed by atoms with E-state index in [2.05, 4.69) is 15.6 Å². The van der Waals surface area contributed by atoms with Gasteiger partial charge in [0.2, 0.25) is 11.8 Å². The Morgan fingerprint density at radius 1 is 1.53 bits per heavy atom. The summed E-state index contributed by atoms with van der Waals surface area (Å²) < 4.78 is 0. The molecule has 0 aromatic rings. The van der Waals surface area contributed by atoms with Gasteiger partial charge in [0, 0.05) is 19.5 Å². The molecule has 98 valence electrons. The molecule has 6 nitrogen and oxygen atoms in total. The van der Waals surface area contributed by atoms with Crippen LogP contribution in [-0.4, -0.2) is 42.4 Å². The lowest BCUT2D eigenvalue weighted by Crippen LogP contribution is -2.46. The summed E-state index contributed by atoms with van der Waals surface area (Å²) in [6.07, 6.45) is 3.05. The number of rotatable bonds is 5. The fraction of sp³-hybridized carbons (Fsp3) is 0.818. The van der Waals surface area contributed by atoms with E-state index < -0.39 is 0 Å². The molecule has 4 N–H and O–H groups in total. The summed E-state index contributed by atoms with van der Waals surface area (Å²) in [4.78, 5) is 24.9. The van der Waals surface area contributed by atoms with E-state index in [0.717, 1.165) is 25.8 Å². The first kappa shape index (κ1) is 13.9. The summed E-state index contributed by atoms with van der Waals surface area (Å²) >= 11 is 0. The van der Waals surface area contributed by atoms with Crippen molar-refractivity contribution in [1.29, 1.82) is 0 Å². The Balaban J connectivity index is 2.47. The second-order valence-corrected chi connectivity index (χ2v) is 4.47. The minimum Gasteiger partial charge on any atom is -0.358 e. The van der Waals surface area contributed by atoms with Gasteiger partial charge in [-0.25, -0.2) is 5.84 Å². The number of likely N-dealkylation sites (tertiary alicyclic amines) is 1. The van der Waals surface area contributed by atoms with Crippen molar-refractivity contribution in [2.24, 2.45) is 5.84 Å². The summed E-state index contributed by atoms with van der Waals surface area (Å²) in [7, 11) is 1.66. The smallest absolute Gasteiger partial charge is 0.237 e. The van der Waals surface area contributed by atoms with Gasteiger partial charge in [0.25, 0.3) is 0 Å². The molecule has 0 aromatic heterocycles. The highest BCUT2D eigenvalue weighted by molar-refractivity contribution is 5.81. The molecule has 0 aromatic carbocycles. The number of amides is 2. The number of hydrogen-bond donors (Lipinski definition) is 3. The van der Waals surface area contributed by atoms with Gasteiger partial charge in [0.1, 0.15) is 0 Å². The summed E-state index contributed by atoms with van der Waals surface area (Å²) in [5.74, 6) is 4.94. The van der Waals surface area contributed by atoms with Crippen molar-refractivity contribution in [2.45, 2.75) is 44.7 Å². The number of carbonyl (C=O) groups is 2. The van der Waals surface area contributed by atoms with Crippen molar-refractivity contribution in [3.8, 4) is 0 Å². The van der Waals surface area contributed by atoms with Crippen molar-refractivity contribution >= 4 is 11.8 Å². The topological polar surface area (TPSA) is 87.5 Å². The van der Waals surface area contributed by atoms with E-state index in [-0.39, 0.29) is 23.9 Å². The molecule has 17 heavy (non-hydrogen) atoms. The first-order valence-corrected chi connectivity index (χ1v) is 6.07. The van der Waals surface area contributed by atoms with Gasteiger partial charge >= 0.3 is 0 Å². The molecule has 2 unspecified atom stereocenters. The van der Waals surface area contributed by atoms with E-state index in [1.807, 2.05) is 6.92 Å². The molecule has 1 rings (SSSR count). The van der Waals surface area contributed by atoms with Crippen LogP contribution < -0.4 is 16.6 Å². The molecule has 2 atom stereocenters. The average molecular weight is 242 g/mol. The van der Waals surface area contributed by atoms with Gasteiger partial charge in [0.15, 0.2) is 0 Å². The third-order valence-corrected chi connectivity index (χ3v) is 3.36. The Labute approximate surface area is 102 Å². The number of nitrogens with zero attached hydrogens (tertiary/aromatic N) is 1. The predicted molar refractivity (Wildman–Crippen MR) is 64.8 cm³/mol. The Morgan fingerprint density at radius 2 is 2.24 bits per heavy atom. The van der Waals surface area contributed by atoms with Gasteiger partial charge in [0.05, 0.1) is 6.04 Å². The van der Waals surface area contributed by atoms with Crippen LogP contribution in [0.2, 0.25) is 0 Å². The van der Waals surface area contributed by atoms with Crippen molar-refractivity contribution in [2.75, 3.05) is 13.6 Å². The molecule has 0 saturated carbocycles. The standard InChI is InChI=1S/C11H22N4O2/c1-8(5-6-10(16)14-12)15-7-3-4-9(15)11(17)13-2/h8-9H,3-7,12H2,1-2H3,(H,13,17)(H,14,16). The summed E-state index contributed by atoms with van der Waals surface area (Å²) in [5.41, 5.74) is 2.12. The van der Waals surface area contributed by atoms with Gasteiger partial charge < -0.3 is 5.32 Å². The molecule has 1 fully saturated rings. The van der Waals surface area contributed by atoms with Crippen LogP contribution in [0.25, 0.3) is 0 Å². The molecule has 1 heterocycles. The molecule has 0 radical (unpaired) electrons. The van der Waals surface area contributed by atoms with E-state index >= 15 is 0 Å². The van der Waals surface area contributed by atoms with Crippen LogP contribution in [0.4, 0.5) is 0 Å². The summed E-state index contributed by atoms with van der Waals surface area (Å²) in [6.45, 7) is 2.97. The minimum absolute atomic E-state index is 0.0454. The normalized spacial score (nSPS) is 22.2. The molecule has 2 amide bonds. The SMILES string of the molecule is CNC(=O)C1CCCN1C(C)CCC(=O)NN. The molecule has 1 saturated heterocycles. The van der Waals surface area contributed by atoms with E-state index in [9.17, 15) is 9.59 Å². The van der Waals surface area contributed by atoms with Crippen LogP contribution in [0.5, 0.6) is 0 Å². The number of likely N-dealkylation sites (N-methyl/N-ethyl adjacent to an activating group) is 1. The zero-order valence-corrected chi connectivity index (χ0v) is 10.5. The quantitative estimate of drug-likeness (QED) is 0.340. The third-order valence-electron chi connectivity index (χ3n) is 3.36. The second kappa shape index (κ2) is 6.56. The first-order valence-electron chi connectivity index (χ1n) is 6.07. The molecular weight excluding hydrogens is 220 g/mol. The van der Waals surface area contributed by atoms with Gasteiger partial charge in [-0.3, -0.25) is 19.9 Å². The summed E-state index contributed by atoms with van der Waals surface area (Å²) in [6, 6.07) is 0.174. The Kier molecular flexibility index (Phi) is 5.37. The van der Waals surface area contributed by atoms with Crippen LogP contribution >= 0.6 is 0 Å². The second-order valence-electron chi connectivity index (χ2n) is 4.47. The number of nitrogens with one attached hydrogen (secondary N) is 2. The van der Waals surface area contributed by atoms with Crippen molar-refractivity contribution in [3.63, 3.8) is 0 Å². The van der Waals surface area contributed by atoms with Crippen LogP contribution in [-0.2, 0) is 9.59 Å². The van der Waals surface area contributed by atoms with Gasteiger partial charge in [-0.15, -0.1) is 0 Å². The predicted octanol–water partition coefficient (Wildman–Crippen LogP) is -0.645. The molecule has 1 aliphatic rings. The average Bonchev–Trinajstić information content (AvgIpc) is 2.83. The first-order chi connectivity index (χ1) is 8.10. The van der Waals surface area contributed by atoms with Crippen molar-refractivity contribution in [1.82, 2.24) is 15.6 Å². The maximum absolute atomic E-state index is 11.7. The zero-order valence-electron chi connectivity index (χ0n) is 10.5. The van der Waals surface area contributed by atoms with Crippen molar-refractivity contribution in [3.05, 3.63) is 0 Å². The molecule has 0 aliphatic carbocycles. The molecular formula is C11H22N4O2. The highest BCUT2D eigenvalue weighted by Gasteiger charge is 2.32.